The number of ketones is 1. The lowest BCUT2D eigenvalue weighted by molar-refractivity contribution is -0.140. The van der Waals surface area contributed by atoms with E-state index in [1.54, 1.807) is 41.7 Å². The van der Waals surface area contributed by atoms with Gasteiger partial charge in [0.1, 0.15) is 5.75 Å². The number of hydrogen-bond acceptors (Lipinski definition) is 4. The van der Waals surface area contributed by atoms with E-state index in [2.05, 4.69) is 4.98 Å². The molecule has 2 unspecified atom stereocenters. The van der Waals surface area contributed by atoms with Gasteiger partial charge in [0.05, 0.1) is 12.2 Å². The van der Waals surface area contributed by atoms with E-state index in [9.17, 15) is 14.7 Å². The maximum atomic E-state index is 12.5. The summed E-state index contributed by atoms with van der Waals surface area (Å²) in [6.45, 7) is 3.31. The Morgan fingerprint density at radius 3 is 2.54 bits per heavy atom. The minimum atomic E-state index is -0.448. The molecule has 1 saturated heterocycles. The predicted molar refractivity (Wildman–Crippen MR) is 88.5 cm³/mol. The summed E-state index contributed by atoms with van der Waals surface area (Å²) in [5, 5.41) is 9.43. The van der Waals surface area contributed by atoms with E-state index in [4.69, 9.17) is 0 Å². The molecule has 1 aliphatic rings. The molecule has 1 aromatic heterocycles. The Bertz CT molecular complexity index is 710. The second-order valence-corrected chi connectivity index (χ2v) is 6.06. The number of nitrogens with zero attached hydrogens (tertiary/aromatic N) is 3. The number of phenols is 1. The fourth-order valence-corrected chi connectivity index (χ4v) is 3.40. The SMILES string of the molecule is CCC1C(c2ccc(O)cc2)C(=O)C(=O)N1CCCn1ccnc1. The van der Waals surface area contributed by atoms with Crippen molar-refractivity contribution in [2.45, 2.75) is 38.3 Å². The van der Waals surface area contributed by atoms with Crippen LogP contribution in [0, 0.1) is 0 Å². The van der Waals surface area contributed by atoms with Gasteiger partial charge in [-0.2, -0.15) is 0 Å². The lowest BCUT2D eigenvalue weighted by Crippen LogP contribution is -2.35. The molecule has 0 bridgehead atoms. The molecule has 126 valence electrons. The summed E-state index contributed by atoms with van der Waals surface area (Å²) in [5.41, 5.74) is 0.787. The van der Waals surface area contributed by atoms with E-state index in [1.807, 2.05) is 17.7 Å². The molecule has 6 nitrogen and oxygen atoms in total. The first-order valence-corrected chi connectivity index (χ1v) is 8.21. The molecular formula is C18H21N3O3. The molecule has 24 heavy (non-hydrogen) atoms. The van der Waals surface area contributed by atoms with Gasteiger partial charge in [0.15, 0.2) is 0 Å². The van der Waals surface area contributed by atoms with Crippen molar-refractivity contribution in [3.63, 3.8) is 0 Å². The molecule has 6 heteroatoms. The van der Waals surface area contributed by atoms with Crippen LogP contribution in [0.25, 0.3) is 0 Å². The largest absolute Gasteiger partial charge is 0.508 e. The van der Waals surface area contributed by atoms with Gasteiger partial charge in [0.25, 0.3) is 5.91 Å². The summed E-state index contributed by atoms with van der Waals surface area (Å²) in [5.74, 6) is -1.04. The molecule has 2 aromatic rings. The van der Waals surface area contributed by atoms with Gasteiger partial charge >= 0.3 is 0 Å². The number of amides is 1. The molecule has 3 rings (SSSR count). The van der Waals surface area contributed by atoms with E-state index in [0.717, 1.165) is 18.5 Å². The van der Waals surface area contributed by atoms with Gasteiger partial charge in [0, 0.05) is 31.5 Å². The average molecular weight is 327 g/mol. The summed E-state index contributed by atoms with van der Waals surface area (Å²) in [6.07, 6.45) is 6.84. The number of likely N-dealkylation sites (tertiary alicyclic amines) is 1. The monoisotopic (exact) mass is 327 g/mol. The van der Waals surface area contributed by atoms with E-state index < -0.39 is 11.8 Å². The van der Waals surface area contributed by atoms with Crippen molar-refractivity contribution in [2.75, 3.05) is 6.54 Å². The molecular weight excluding hydrogens is 306 g/mol. The van der Waals surface area contributed by atoms with Crippen LogP contribution in [-0.4, -0.2) is 43.8 Å². The van der Waals surface area contributed by atoms with Crippen LogP contribution in [0.5, 0.6) is 5.75 Å². The van der Waals surface area contributed by atoms with Gasteiger partial charge in [-0.25, -0.2) is 4.98 Å². The number of hydrogen-bond donors (Lipinski definition) is 1. The maximum absolute atomic E-state index is 12.5. The fraction of sp³-hybridized carbons (Fsp3) is 0.389. The number of Topliss-reactive ketones (excluding diaryl/α,β-unsaturated/α-hetero) is 1. The quantitative estimate of drug-likeness (QED) is 0.823. The highest BCUT2D eigenvalue weighted by atomic mass is 16.3. The number of aromatic hydroxyl groups is 1. The minimum Gasteiger partial charge on any atom is -0.508 e. The van der Waals surface area contributed by atoms with Crippen molar-refractivity contribution < 1.29 is 14.7 Å². The third-order valence-electron chi connectivity index (χ3n) is 4.58. The molecule has 2 heterocycles. The summed E-state index contributed by atoms with van der Waals surface area (Å²) < 4.78 is 1.96. The second-order valence-electron chi connectivity index (χ2n) is 6.06. The molecule has 1 amide bonds. The first-order chi connectivity index (χ1) is 11.6. The zero-order valence-electron chi connectivity index (χ0n) is 13.6. The molecule has 1 aliphatic heterocycles. The average Bonchev–Trinajstić information content (AvgIpc) is 3.18. The molecule has 1 N–H and O–H groups in total. The van der Waals surface area contributed by atoms with Crippen LogP contribution in [0.4, 0.5) is 0 Å². The Labute approximate surface area is 140 Å². The molecule has 0 saturated carbocycles. The third kappa shape index (κ3) is 3.04. The normalized spacial score (nSPS) is 20.8. The number of imidazole rings is 1. The Morgan fingerprint density at radius 2 is 1.92 bits per heavy atom. The zero-order chi connectivity index (χ0) is 17.1. The van der Waals surface area contributed by atoms with Crippen molar-refractivity contribution in [1.29, 1.82) is 0 Å². The Morgan fingerprint density at radius 1 is 1.17 bits per heavy atom. The van der Waals surface area contributed by atoms with Crippen molar-refractivity contribution in [1.82, 2.24) is 14.5 Å². The summed E-state index contributed by atoms with van der Waals surface area (Å²) >= 11 is 0. The molecule has 0 aliphatic carbocycles. The number of carbonyl (C=O) groups is 2. The van der Waals surface area contributed by atoms with E-state index in [0.29, 0.717) is 13.0 Å². The first kappa shape index (κ1) is 16.2. The van der Waals surface area contributed by atoms with Gasteiger partial charge in [-0.1, -0.05) is 19.1 Å². The van der Waals surface area contributed by atoms with Crippen molar-refractivity contribution >= 4 is 11.7 Å². The predicted octanol–water partition coefficient (Wildman–Crippen LogP) is 1.95. The Hall–Kier alpha value is -2.63. The highest BCUT2D eigenvalue weighted by molar-refractivity contribution is 6.40. The van der Waals surface area contributed by atoms with Crippen LogP contribution < -0.4 is 0 Å². The van der Waals surface area contributed by atoms with Crippen LogP contribution in [-0.2, 0) is 16.1 Å². The molecule has 1 fully saturated rings. The first-order valence-electron chi connectivity index (χ1n) is 8.21. The van der Waals surface area contributed by atoms with Crippen molar-refractivity contribution in [3.05, 3.63) is 48.5 Å². The van der Waals surface area contributed by atoms with Gasteiger partial charge in [-0.3, -0.25) is 9.59 Å². The van der Waals surface area contributed by atoms with Gasteiger partial charge in [-0.15, -0.1) is 0 Å². The van der Waals surface area contributed by atoms with Crippen molar-refractivity contribution in [3.8, 4) is 5.75 Å². The fourth-order valence-electron chi connectivity index (χ4n) is 3.40. The van der Waals surface area contributed by atoms with Crippen LogP contribution in [0.15, 0.2) is 43.0 Å². The molecule has 1 aromatic carbocycles. The van der Waals surface area contributed by atoms with E-state index in [1.165, 1.54) is 0 Å². The zero-order valence-corrected chi connectivity index (χ0v) is 13.6. The number of rotatable bonds is 6. The van der Waals surface area contributed by atoms with Gasteiger partial charge < -0.3 is 14.6 Å². The van der Waals surface area contributed by atoms with Crippen LogP contribution in [0.1, 0.15) is 31.2 Å². The minimum absolute atomic E-state index is 0.127. The number of aryl methyl sites for hydroxylation is 1. The number of carbonyl (C=O) groups excluding carboxylic acids is 2. The molecule has 0 radical (unpaired) electrons. The topological polar surface area (TPSA) is 75.4 Å². The summed E-state index contributed by atoms with van der Waals surface area (Å²) in [4.78, 5) is 30.6. The lowest BCUT2D eigenvalue weighted by Gasteiger charge is -2.26. The van der Waals surface area contributed by atoms with Gasteiger partial charge in [-0.05, 0) is 30.5 Å². The Kier molecular flexibility index (Phi) is 4.64. The van der Waals surface area contributed by atoms with Crippen LogP contribution >= 0.6 is 0 Å². The van der Waals surface area contributed by atoms with Crippen molar-refractivity contribution in [2.24, 2.45) is 0 Å². The number of benzene rings is 1. The number of phenolic OH excluding ortho intramolecular Hbond substituents is 1. The molecule has 0 spiro atoms. The highest BCUT2D eigenvalue weighted by Gasteiger charge is 2.46. The maximum Gasteiger partial charge on any atom is 0.290 e. The van der Waals surface area contributed by atoms with Gasteiger partial charge in [0.2, 0.25) is 5.78 Å². The highest BCUT2D eigenvalue weighted by Crippen LogP contribution is 2.34. The van der Waals surface area contributed by atoms with Crippen LogP contribution in [0.3, 0.4) is 0 Å². The smallest absolute Gasteiger partial charge is 0.290 e. The Balaban J connectivity index is 1.73. The number of aromatic nitrogens is 2. The van der Waals surface area contributed by atoms with E-state index in [-0.39, 0.29) is 17.6 Å². The third-order valence-corrected chi connectivity index (χ3v) is 4.58. The lowest BCUT2D eigenvalue weighted by atomic mass is 9.89. The summed E-state index contributed by atoms with van der Waals surface area (Å²) in [6, 6.07) is 6.44. The van der Waals surface area contributed by atoms with E-state index >= 15 is 0 Å². The van der Waals surface area contributed by atoms with Crippen LogP contribution in [0.2, 0.25) is 0 Å². The second kappa shape index (κ2) is 6.86. The standard InChI is InChI=1S/C18H21N3O3/c1-2-15-16(13-4-6-14(22)7-5-13)17(23)18(24)21(15)10-3-9-20-11-8-19-12-20/h4-8,11-12,15-16,22H,2-3,9-10H2,1H3. The summed E-state index contributed by atoms with van der Waals surface area (Å²) in [7, 11) is 0. The molecule has 2 atom stereocenters.